The zero-order chi connectivity index (χ0) is 16.4. The number of fused-ring (bicyclic) bond motifs is 1. The first-order valence-corrected chi connectivity index (χ1v) is 7.02. The van der Waals surface area contributed by atoms with Crippen LogP contribution in [-0.2, 0) is 0 Å². The first-order chi connectivity index (χ1) is 11.1. The fraction of sp³-hybridized carbons (Fsp3) is 0.111. The van der Waals surface area contributed by atoms with Gasteiger partial charge >= 0.3 is 0 Å². The van der Waals surface area contributed by atoms with E-state index in [9.17, 15) is 9.65 Å². The number of nitriles is 1. The van der Waals surface area contributed by atoms with Crippen molar-refractivity contribution in [1.29, 1.82) is 5.26 Å². The molecule has 0 aliphatic carbocycles. The quantitative estimate of drug-likeness (QED) is 0.783. The SMILES string of the molecule is COc1ccc2c(Nc3ccc(C)c(F)c3)c(C#N)cnc2c1. The van der Waals surface area contributed by atoms with E-state index in [2.05, 4.69) is 16.4 Å². The largest absolute Gasteiger partial charge is 0.497 e. The van der Waals surface area contributed by atoms with E-state index in [4.69, 9.17) is 4.74 Å². The van der Waals surface area contributed by atoms with Crippen LogP contribution in [0, 0.1) is 24.1 Å². The van der Waals surface area contributed by atoms with Crippen LogP contribution in [-0.4, -0.2) is 12.1 Å². The van der Waals surface area contributed by atoms with E-state index in [1.165, 1.54) is 12.3 Å². The molecule has 0 fully saturated rings. The number of aryl methyl sites for hydroxylation is 1. The van der Waals surface area contributed by atoms with E-state index < -0.39 is 0 Å². The van der Waals surface area contributed by atoms with Gasteiger partial charge in [0, 0.05) is 23.3 Å². The minimum atomic E-state index is -0.298. The van der Waals surface area contributed by atoms with Crippen LogP contribution in [0.4, 0.5) is 15.8 Å². The number of nitrogens with zero attached hydrogens (tertiary/aromatic N) is 2. The fourth-order valence-electron chi connectivity index (χ4n) is 2.33. The molecule has 1 N–H and O–H groups in total. The molecule has 114 valence electrons. The lowest BCUT2D eigenvalue weighted by Crippen LogP contribution is -1.98. The van der Waals surface area contributed by atoms with E-state index in [1.54, 1.807) is 38.3 Å². The number of ether oxygens (including phenoxy) is 1. The second kappa shape index (κ2) is 5.93. The molecular weight excluding hydrogens is 293 g/mol. The van der Waals surface area contributed by atoms with Crippen molar-refractivity contribution in [1.82, 2.24) is 4.98 Å². The lowest BCUT2D eigenvalue weighted by Gasteiger charge is -2.12. The predicted molar refractivity (Wildman–Crippen MR) is 87.4 cm³/mol. The van der Waals surface area contributed by atoms with Crippen LogP contribution >= 0.6 is 0 Å². The van der Waals surface area contributed by atoms with Gasteiger partial charge in [0.15, 0.2) is 0 Å². The van der Waals surface area contributed by atoms with E-state index in [1.807, 2.05) is 6.07 Å². The number of pyridine rings is 1. The van der Waals surface area contributed by atoms with Crippen molar-refractivity contribution in [3.8, 4) is 11.8 Å². The third-order valence-corrected chi connectivity index (χ3v) is 3.64. The van der Waals surface area contributed by atoms with Crippen LogP contribution < -0.4 is 10.1 Å². The van der Waals surface area contributed by atoms with Crippen LogP contribution in [0.25, 0.3) is 10.9 Å². The number of aromatic nitrogens is 1. The molecule has 0 saturated carbocycles. The van der Waals surface area contributed by atoms with Gasteiger partial charge < -0.3 is 10.1 Å². The number of rotatable bonds is 3. The van der Waals surface area contributed by atoms with Crippen molar-refractivity contribution in [3.63, 3.8) is 0 Å². The highest BCUT2D eigenvalue weighted by Gasteiger charge is 2.11. The third-order valence-electron chi connectivity index (χ3n) is 3.64. The average Bonchev–Trinajstić information content (AvgIpc) is 2.58. The van der Waals surface area contributed by atoms with Gasteiger partial charge in [0.2, 0.25) is 0 Å². The molecule has 0 aliphatic rings. The van der Waals surface area contributed by atoms with Crippen LogP contribution in [0.1, 0.15) is 11.1 Å². The summed E-state index contributed by atoms with van der Waals surface area (Å²) in [5, 5.41) is 13.2. The molecule has 0 aliphatic heterocycles. The highest BCUT2D eigenvalue weighted by atomic mass is 19.1. The Labute approximate surface area is 133 Å². The summed E-state index contributed by atoms with van der Waals surface area (Å²) in [6.07, 6.45) is 1.49. The molecule has 5 heteroatoms. The van der Waals surface area contributed by atoms with Crippen LogP contribution in [0.5, 0.6) is 5.75 Å². The topological polar surface area (TPSA) is 57.9 Å². The van der Waals surface area contributed by atoms with Gasteiger partial charge in [-0.3, -0.25) is 4.98 Å². The molecule has 1 aromatic heterocycles. The molecule has 0 spiro atoms. The van der Waals surface area contributed by atoms with Gasteiger partial charge in [0.1, 0.15) is 17.6 Å². The average molecular weight is 307 g/mol. The molecule has 3 rings (SSSR count). The molecule has 0 saturated heterocycles. The number of hydrogen-bond acceptors (Lipinski definition) is 4. The van der Waals surface area contributed by atoms with Gasteiger partial charge in [0.25, 0.3) is 0 Å². The summed E-state index contributed by atoms with van der Waals surface area (Å²) in [6.45, 7) is 1.70. The molecule has 0 atom stereocenters. The Morgan fingerprint density at radius 1 is 1.22 bits per heavy atom. The first kappa shape index (κ1) is 14.8. The van der Waals surface area contributed by atoms with Crippen molar-refractivity contribution in [3.05, 3.63) is 59.5 Å². The third kappa shape index (κ3) is 2.79. The fourth-order valence-corrected chi connectivity index (χ4v) is 2.33. The molecule has 1 heterocycles. The van der Waals surface area contributed by atoms with Gasteiger partial charge in [0.05, 0.1) is 23.9 Å². The number of benzene rings is 2. The van der Waals surface area contributed by atoms with E-state index in [-0.39, 0.29) is 5.82 Å². The standard InChI is InChI=1S/C18H14FN3O/c1-11-3-4-13(7-16(11)19)22-18-12(9-20)10-21-17-8-14(23-2)5-6-15(17)18/h3-8,10H,1-2H3,(H,21,22). The Morgan fingerprint density at radius 2 is 2.04 bits per heavy atom. The zero-order valence-corrected chi connectivity index (χ0v) is 12.7. The Kier molecular flexibility index (Phi) is 3.82. The lowest BCUT2D eigenvalue weighted by atomic mass is 10.1. The number of nitrogens with one attached hydrogen (secondary N) is 1. The molecule has 0 unspecified atom stereocenters. The second-order valence-electron chi connectivity index (χ2n) is 5.13. The Bertz CT molecular complexity index is 931. The monoisotopic (exact) mass is 307 g/mol. The van der Waals surface area contributed by atoms with Crippen LogP contribution in [0.15, 0.2) is 42.6 Å². The Hall–Kier alpha value is -3.13. The Balaban J connectivity index is 2.14. The highest BCUT2D eigenvalue weighted by molar-refractivity contribution is 5.96. The predicted octanol–water partition coefficient (Wildman–Crippen LogP) is 4.31. The molecule has 4 nitrogen and oxygen atoms in total. The lowest BCUT2D eigenvalue weighted by molar-refractivity contribution is 0.415. The molecule has 0 amide bonds. The molecule has 2 aromatic carbocycles. The van der Waals surface area contributed by atoms with E-state index >= 15 is 0 Å². The van der Waals surface area contributed by atoms with Crippen molar-refractivity contribution in [2.24, 2.45) is 0 Å². The minimum Gasteiger partial charge on any atom is -0.497 e. The summed E-state index contributed by atoms with van der Waals surface area (Å²) >= 11 is 0. The van der Waals surface area contributed by atoms with Gasteiger partial charge in [-0.25, -0.2) is 4.39 Å². The summed E-state index contributed by atoms with van der Waals surface area (Å²) in [6, 6.07) is 12.4. The van der Waals surface area contributed by atoms with Crippen LogP contribution in [0.2, 0.25) is 0 Å². The van der Waals surface area contributed by atoms with Gasteiger partial charge in [-0.2, -0.15) is 5.26 Å². The van der Waals surface area contributed by atoms with Gasteiger partial charge in [-0.1, -0.05) is 6.07 Å². The van der Waals surface area contributed by atoms with Gasteiger partial charge in [-0.15, -0.1) is 0 Å². The maximum Gasteiger partial charge on any atom is 0.128 e. The number of methoxy groups -OCH3 is 1. The molecule has 3 aromatic rings. The van der Waals surface area contributed by atoms with Crippen molar-refractivity contribution >= 4 is 22.3 Å². The van der Waals surface area contributed by atoms with Crippen molar-refractivity contribution < 1.29 is 9.13 Å². The number of anilines is 2. The second-order valence-corrected chi connectivity index (χ2v) is 5.13. The molecular formula is C18H14FN3O. The summed E-state index contributed by atoms with van der Waals surface area (Å²) in [7, 11) is 1.58. The van der Waals surface area contributed by atoms with Crippen molar-refractivity contribution in [2.45, 2.75) is 6.92 Å². The van der Waals surface area contributed by atoms with Crippen LogP contribution in [0.3, 0.4) is 0 Å². The maximum atomic E-state index is 13.7. The van der Waals surface area contributed by atoms with Crippen molar-refractivity contribution in [2.75, 3.05) is 12.4 Å². The molecule has 0 bridgehead atoms. The minimum absolute atomic E-state index is 0.298. The normalized spacial score (nSPS) is 10.3. The maximum absolute atomic E-state index is 13.7. The van der Waals surface area contributed by atoms with E-state index in [0.29, 0.717) is 33.8 Å². The number of halogens is 1. The summed E-state index contributed by atoms with van der Waals surface area (Å²) in [4.78, 5) is 4.28. The Morgan fingerprint density at radius 3 is 2.74 bits per heavy atom. The summed E-state index contributed by atoms with van der Waals surface area (Å²) in [5.74, 6) is 0.385. The van der Waals surface area contributed by atoms with Gasteiger partial charge in [-0.05, 0) is 36.8 Å². The smallest absolute Gasteiger partial charge is 0.128 e. The highest BCUT2D eigenvalue weighted by Crippen LogP contribution is 2.31. The van der Waals surface area contributed by atoms with E-state index in [0.717, 1.165) is 5.39 Å². The zero-order valence-electron chi connectivity index (χ0n) is 12.7. The number of hydrogen-bond donors (Lipinski definition) is 1. The summed E-state index contributed by atoms with van der Waals surface area (Å²) < 4.78 is 18.9. The molecule has 0 radical (unpaired) electrons. The first-order valence-electron chi connectivity index (χ1n) is 7.02. The summed E-state index contributed by atoms with van der Waals surface area (Å²) in [5.41, 5.74) is 2.83. The molecule has 23 heavy (non-hydrogen) atoms.